The molecule has 0 bridgehead atoms. The average Bonchev–Trinajstić information content (AvgIpc) is 2.04. The minimum Gasteiger partial charge on any atom is -0.288 e. The highest BCUT2D eigenvalue weighted by Crippen LogP contribution is 2.28. The minimum absolute atomic E-state index is 0.0804. The van der Waals surface area contributed by atoms with Crippen molar-refractivity contribution < 1.29 is 9.18 Å². The molecule has 1 nitrogen and oxygen atoms in total. The highest BCUT2D eigenvalue weighted by Gasteiger charge is 2.08. The van der Waals surface area contributed by atoms with Crippen LogP contribution in [0.25, 0.3) is 0 Å². The Labute approximate surface area is 81.3 Å². The van der Waals surface area contributed by atoms with Crippen LogP contribution in [0.3, 0.4) is 0 Å². The van der Waals surface area contributed by atoms with Crippen LogP contribution in [-0.2, 0) is 4.79 Å². The van der Waals surface area contributed by atoms with Gasteiger partial charge in [0, 0.05) is 12.2 Å². The van der Waals surface area contributed by atoms with Gasteiger partial charge in [-0.15, -0.1) is 0 Å². The van der Waals surface area contributed by atoms with Crippen molar-refractivity contribution in [2.24, 2.45) is 0 Å². The Hall–Kier alpha value is -0.830. The van der Waals surface area contributed by atoms with Gasteiger partial charge < -0.3 is 0 Å². The second-order valence-corrected chi connectivity index (χ2v) is 4.32. The SMILES string of the molecule is CC(=O)SC(C)c1ccc(F)cc1. The highest BCUT2D eigenvalue weighted by molar-refractivity contribution is 8.13. The summed E-state index contributed by atoms with van der Waals surface area (Å²) >= 11 is 1.25. The van der Waals surface area contributed by atoms with Crippen LogP contribution in [-0.4, -0.2) is 5.12 Å². The van der Waals surface area contributed by atoms with E-state index in [0.717, 1.165) is 5.56 Å². The zero-order valence-corrected chi connectivity index (χ0v) is 8.40. The molecule has 0 spiro atoms. The Balaban J connectivity index is 2.71. The summed E-state index contributed by atoms with van der Waals surface area (Å²) in [6, 6.07) is 6.23. The molecule has 0 aliphatic heterocycles. The third-order valence-electron chi connectivity index (χ3n) is 1.68. The predicted octanol–water partition coefficient (Wildman–Crippen LogP) is 3.17. The fraction of sp³-hybridized carbons (Fsp3) is 0.300. The fourth-order valence-electron chi connectivity index (χ4n) is 1.05. The number of benzene rings is 1. The molecule has 1 aromatic rings. The van der Waals surface area contributed by atoms with E-state index in [4.69, 9.17) is 0 Å². The van der Waals surface area contributed by atoms with E-state index in [0.29, 0.717) is 0 Å². The number of carbonyl (C=O) groups is 1. The van der Waals surface area contributed by atoms with Gasteiger partial charge in [-0.1, -0.05) is 23.9 Å². The van der Waals surface area contributed by atoms with Crippen LogP contribution in [0.5, 0.6) is 0 Å². The smallest absolute Gasteiger partial charge is 0.186 e. The van der Waals surface area contributed by atoms with Gasteiger partial charge in [0.1, 0.15) is 5.82 Å². The van der Waals surface area contributed by atoms with Gasteiger partial charge in [0.25, 0.3) is 0 Å². The molecule has 0 aliphatic carbocycles. The lowest BCUT2D eigenvalue weighted by Crippen LogP contribution is -1.92. The Bertz CT molecular complexity index is 294. The van der Waals surface area contributed by atoms with Gasteiger partial charge in [0.05, 0.1) is 0 Å². The second kappa shape index (κ2) is 4.42. The highest BCUT2D eigenvalue weighted by atomic mass is 32.2. The Morgan fingerprint density at radius 1 is 1.38 bits per heavy atom. The first-order chi connectivity index (χ1) is 6.09. The first-order valence-corrected chi connectivity index (χ1v) is 4.90. The summed E-state index contributed by atoms with van der Waals surface area (Å²) in [6.07, 6.45) is 0. The van der Waals surface area contributed by atoms with Crippen LogP contribution >= 0.6 is 11.8 Å². The average molecular weight is 198 g/mol. The molecule has 0 saturated heterocycles. The van der Waals surface area contributed by atoms with Crippen LogP contribution < -0.4 is 0 Å². The van der Waals surface area contributed by atoms with Crippen molar-refractivity contribution in [1.29, 1.82) is 0 Å². The van der Waals surface area contributed by atoms with Crippen LogP contribution in [0, 0.1) is 5.82 Å². The Morgan fingerprint density at radius 2 is 1.92 bits per heavy atom. The third-order valence-corrected chi connectivity index (χ3v) is 2.64. The summed E-state index contributed by atoms with van der Waals surface area (Å²) in [5, 5.41) is 0.176. The molecule has 1 rings (SSSR count). The number of hydrogen-bond donors (Lipinski definition) is 0. The lowest BCUT2D eigenvalue weighted by Gasteiger charge is -2.08. The summed E-state index contributed by atoms with van der Waals surface area (Å²) in [4.78, 5) is 10.8. The van der Waals surface area contributed by atoms with E-state index < -0.39 is 0 Å². The standard InChI is InChI=1S/C10H11FOS/c1-7(13-8(2)12)9-3-5-10(11)6-4-9/h3-7H,1-2H3. The van der Waals surface area contributed by atoms with Crippen LogP contribution in [0.15, 0.2) is 24.3 Å². The van der Waals surface area contributed by atoms with Crippen molar-refractivity contribution in [2.75, 3.05) is 0 Å². The molecule has 0 amide bonds. The van der Waals surface area contributed by atoms with Crippen molar-refractivity contribution in [2.45, 2.75) is 19.1 Å². The molecular formula is C10H11FOS. The van der Waals surface area contributed by atoms with Crippen LogP contribution in [0.4, 0.5) is 4.39 Å². The molecule has 0 heterocycles. The van der Waals surface area contributed by atoms with Gasteiger partial charge in [-0.3, -0.25) is 4.79 Å². The van der Waals surface area contributed by atoms with Crippen LogP contribution in [0.1, 0.15) is 24.7 Å². The lowest BCUT2D eigenvalue weighted by molar-refractivity contribution is -0.109. The molecule has 0 fully saturated rings. The first kappa shape index (κ1) is 10.3. The first-order valence-electron chi connectivity index (χ1n) is 4.02. The molecule has 0 aliphatic rings. The van der Waals surface area contributed by atoms with E-state index in [9.17, 15) is 9.18 Å². The maximum atomic E-state index is 12.5. The van der Waals surface area contributed by atoms with Crippen molar-refractivity contribution in [1.82, 2.24) is 0 Å². The van der Waals surface area contributed by atoms with Gasteiger partial charge in [-0.25, -0.2) is 4.39 Å². The Kier molecular flexibility index (Phi) is 3.48. The maximum Gasteiger partial charge on any atom is 0.186 e. The fourth-order valence-corrected chi connectivity index (χ4v) is 1.84. The van der Waals surface area contributed by atoms with Gasteiger partial charge in [0.15, 0.2) is 5.12 Å². The topological polar surface area (TPSA) is 17.1 Å². The molecule has 0 aromatic heterocycles. The van der Waals surface area contributed by atoms with Crippen molar-refractivity contribution in [3.05, 3.63) is 35.6 Å². The third kappa shape index (κ3) is 3.19. The largest absolute Gasteiger partial charge is 0.288 e. The minimum atomic E-state index is -0.247. The molecule has 0 radical (unpaired) electrons. The maximum absolute atomic E-state index is 12.5. The van der Waals surface area contributed by atoms with E-state index in [1.807, 2.05) is 6.92 Å². The number of hydrogen-bond acceptors (Lipinski definition) is 2. The number of rotatable bonds is 2. The lowest BCUT2D eigenvalue weighted by atomic mass is 10.2. The molecular weight excluding hydrogens is 187 g/mol. The van der Waals surface area contributed by atoms with Crippen molar-refractivity contribution in [3.63, 3.8) is 0 Å². The van der Waals surface area contributed by atoms with E-state index in [2.05, 4.69) is 0 Å². The quantitative estimate of drug-likeness (QED) is 0.726. The molecule has 0 N–H and O–H groups in total. The van der Waals surface area contributed by atoms with Crippen LogP contribution in [0.2, 0.25) is 0 Å². The molecule has 0 saturated carbocycles. The van der Waals surface area contributed by atoms with E-state index >= 15 is 0 Å². The number of thioether (sulfide) groups is 1. The molecule has 1 unspecified atom stereocenters. The molecule has 13 heavy (non-hydrogen) atoms. The molecule has 1 atom stereocenters. The molecule has 3 heteroatoms. The molecule has 70 valence electrons. The van der Waals surface area contributed by atoms with E-state index in [1.165, 1.54) is 30.8 Å². The van der Waals surface area contributed by atoms with E-state index in [-0.39, 0.29) is 16.2 Å². The van der Waals surface area contributed by atoms with E-state index in [1.54, 1.807) is 12.1 Å². The molecule has 1 aromatic carbocycles. The normalized spacial score (nSPS) is 12.5. The summed E-state index contributed by atoms with van der Waals surface area (Å²) in [5.74, 6) is -0.247. The zero-order chi connectivity index (χ0) is 9.84. The Morgan fingerprint density at radius 3 is 2.38 bits per heavy atom. The number of halogens is 1. The summed E-state index contributed by atoms with van der Waals surface area (Å²) < 4.78 is 12.5. The van der Waals surface area contributed by atoms with Gasteiger partial charge in [-0.2, -0.15) is 0 Å². The zero-order valence-electron chi connectivity index (χ0n) is 7.58. The van der Waals surface area contributed by atoms with Gasteiger partial charge >= 0.3 is 0 Å². The predicted molar refractivity (Wildman–Crippen MR) is 53.1 cm³/mol. The second-order valence-electron chi connectivity index (χ2n) is 2.80. The monoisotopic (exact) mass is 198 g/mol. The van der Waals surface area contributed by atoms with Crippen molar-refractivity contribution in [3.8, 4) is 0 Å². The van der Waals surface area contributed by atoms with Crippen molar-refractivity contribution >= 4 is 16.9 Å². The summed E-state index contributed by atoms with van der Waals surface area (Å²) in [7, 11) is 0. The van der Waals surface area contributed by atoms with Gasteiger partial charge in [0.2, 0.25) is 0 Å². The number of carbonyl (C=O) groups excluding carboxylic acids is 1. The summed E-state index contributed by atoms with van der Waals surface area (Å²) in [6.45, 7) is 3.46. The van der Waals surface area contributed by atoms with Gasteiger partial charge in [-0.05, 0) is 24.6 Å². The summed E-state index contributed by atoms with van der Waals surface area (Å²) in [5.41, 5.74) is 0.974.